The van der Waals surface area contributed by atoms with Crippen molar-refractivity contribution in [3.8, 4) is 0 Å². The highest BCUT2D eigenvalue weighted by Crippen LogP contribution is 2.08. The number of ether oxygens (including phenoxy) is 1. The number of hydrogen-bond acceptors (Lipinski definition) is 3. The third-order valence-electron chi connectivity index (χ3n) is 3.14. The molecule has 0 amide bonds. The molecular formula is C12H26N2O. The molecule has 2 unspecified atom stereocenters. The van der Waals surface area contributed by atoms with Gasteiger partial charge in [-0.05, 0) is 19.8 Å². The van der Waals surface area contributed by atoms with E-state index in [1.54, 1.807) is 0 Å². The van der Waals surface area contributed by atoms with E-state index in [9.17, 15) is 0 Å². The molecule has 0 aromatic rings. The second-order valence-electron chi connectivity index (χ2n) is 4.47. The van der Waals surface area contributed by atoms with Gasteiger partial charge in [-0.25, -0.2) is 0 Å². The van der Waals surface area contributed by atoms with Crippen molar-refractivity contribution in [2.24, 2.45) is 0 Å². The Bertz CT molecular complexity index is 164. The van der Waals surface area contributed by atoms with Gasteiger partial charge in [-0.3, -0.25) is 4.90 Å². The van der Waals surface area contributed by atoms with Gasteiger partial charge in [0.2, 0.25) is 0 Å². The summed E-state index contributed by atoms with van der Waals surface area (Å²) in [6.07, 6.45) is 2.34. The van der Waals surface area contributed by atoms with Crippen molar-refractivity contribution in [1.82, 2.24) is 10.2 Å². The number of hydrogen-bond donors (Lipinski definition) is 1. The zero-order chi connectivity index (χ0) is 11.1. The van der Waals surface area contributed by atoms with Crippen LogP contribution in [-0.2, 0) is 4.74 Å². The van der Waals surface area contributed by atoms with Crippen LogP contribution in [0.5, 0.6) is 0 Å². The highest BCUT2D eigenvalue weighted by Gasteiger charge is 2.22. The maximum atomic E-state index is 5.54. The molecule has 1 N–H and O–H groups in total. The summed E-state index contributed by atoms with van der Waals surface area (Å²) in [5.74, 6) is 0. The Balaban J connectivity index is 2.19. The first-order valence-corrected chi connectivity index (χ1v) is 6.33. The van der Waals surface area contributed by atoms with Crippen LogP contribution >= 0.6 is 0 Å². The lowest BCUT2D eigenvalue weighted by Crippen LogP contribution is -2.55. The summed E-state index contributed by atoms with van der Waals surface area (Å²) in [6.45, 7) is 11.9. The maximum Gasteiger partial charge on any atom is 0.0593 e. The van der Waals surface area contributed by atoms with Crippen LogP contribution in [0.15, 0.2) is 0 Å². The van der Waals surface area contributed by atoms with Crippen LogP contribution in [0.25, 0.3) is 0 Å². The summed E-state index contributed by atoms with van der Waals surface area (Å²) in [5.41, 5.74) is 0. The van der Waals surface area contributed by atoms with E-state index in [1.807, 2.05) is 0 Å². The monoisotopic (exact) mass is 214 g/mol. The maximum absolute atomic E-state index is 5.54. The quantitative estimate of drug-likeness (QED) is 0.678. The number of nitrogens with zero attached hydrogens (tertiary/aromatic N) is 1. The lowest BCUT2D eigenvalue weighted by molar-refractivity contribution is 0.0701. The van der Waals surface area contributed by atoms with Gasteiger partial charge in [0, 0.05) is 38.3 Å². The molecule has 0 spiro atoms. The lowest BCUT2D eigenvalue weighted by Gasteiger charge is -2.38. The summed E-state index contributed by atoms with van der Waals surface area (Å²) >= 11 is 0. The summed E-state index contributed by atoms with van der Waals surface area (Å²) in [7, 11) is 0. The van der Waals surface area contributed by atoms with Crippen molar-refractivity contribution in [3.63, 3.8) is 0 Å². The lowest BCUT2D eigenvalue weighted by atomic mass is 10.1. The average molecular weight is 214 g/mol. The Kier molecular flexibility index (Phi) is 6.22. The Hall–Kier alpha value is -0.120. The van der Waals surface area contributed by atoms with Crippen molar-refractivity contribution in [3.05, 3.63) is 0 Å². The fraction of sp³-hybridized carbons (Fsp3) is 1.00. The molecule has 90 valence electrons. The normalized spacial score (nSPS) is 28.2. The van der Waals surface area contributed by atoms with Gasteiger partial charge in [-0.2, -0.15) is 0 Å². The van der Waals surface area contributed by atoms with Gasteiger partial charge in [0.1, 0.15) is 0 Å². The van der Waals surface area contributed by atoms with Crippen LogP contribution < -0.4 is 5.32 Å². The molecule has 1 aliphatic rings. The van der Waals surface area contributed by atoms with Crippen molar-refractivity contribution < 1.29 is 4.74 Å². The van der Waals surface area contributed by atoms with Crippen LogP contribution in [-0.4, -0.2) is 49.8 Å². The predicted molar refractivity (Wildman–Crippen MR) is 64.2 cm³/mol. The van der Waals surface area contributed by atoms with E-state index < -0.39 is 0 Å². The summed E-state index contributed by atoms with van der Waals surface area (Å²) < 4.78 is 5.54. The number of nitrogens with one attached hydrogen (secondary N) is 1. The van der Waals surface area contributed by atoms with Crippen LogP contribution in [0.1, 0.15) is 33.6 Å². The van der Waals surface area contributed by atoms with Crippen LogP contribution in [0.3, 0.4) is 0 Å². The van der Waals surface area contributed by atoms with E-state index in [0.717, 1.165) is 32.7 Å². The van der Waals surface area contributed by atoms with Crippen LogP contribution in [0, 0.1) is 0 Å². The van der Waals surface area contributed by atoms with E-state index in [-0.39, 0.29) is 0 Å². The molecular weight excluding hydrogens is 188 g/mol. The SMILES string of the molecule is CCCOCCN1CC(CC)NCC1C. The van der Waals surface area contributed by atoms with Crippen molar-refractivity contribution in [1.29, 1.82) is 0 Å². The van der Waals surface area contributed by atoms with Crippen molar-refractivity contribution in [2.45, 2.75) is 45.7 Å². The molecule has 1 fully saturated rings. The van der Waals surface area contributed by atoms with Gasteiger partial charge in [-0.15, -0.1) is 0 Å². The topological polar surface area (TPSA) is 24.5 Å². The molecule has 0 aliphatic carbocycles. The summed E-state index contributed by atoms with van der Waals surface area (Å²) in [4.78, 5) is 2.54. The molecule has 1 saturated heterocycles. The average Bonchev–Trinajstić information content (AvgIpc) is 2.26. The minimum Gasteiger partial charge on any atom is -0.380 e. The predicted octanol–water partition coefficient (Wildman–Crippen LogP) is 1.49. The summed E-state index contributed by atoms with van der Waals surface area (Å²) in [6, 6.07) is 1.32. The van der Waals surface area contributed by atoms with E-state index >= 15 is 0 Å². The first-order valence-electron chi connectivity index (χ1n) is 6.33. The summed E-state index contributed by atoms with van der Waals surface area (Å²) in [5, 5.41) is 3.57. The molecule has 2 atom stereocenters. The zero-order valence-electron chi connectivity index (χ0n) is 10.5. The van der Waals surface area contributed by atoms with Gasteiger partial charge in [0.25, 0.3) is 0 Å². The molecule has 0 aromatic heterocycles. The fourth-order valence-electron chi connectivity index (χ4n) is 2.01. The van der Waals surface area contributed by atoms with Gasteiger partial charge >= 0.3 is 0 Å². The highest BCUT2D eigenvalue weighted by atomic mass is 16.5. The molecule has 0 aromatic carbocycles. The highest BCUT2D eigenvalue weighted by molar-refractivity contribution is 4.82. The second kappa shape index (κ2) is 7.20. The number of rotatable bonds is 6. The van der Waals surface area contributed by atoms with Crippen molar-refractivity contribution in [2.75, 3.05) is 32.8 Å². The molecule has 1 heterocycles. The molecule has 3 heteroatoms. The molecule has 0 bridgehead atoms. The molecule has 3 nitrogen and oxygen atoms in total. The van der Waals surface area contributed by atoms with E-state index in [4.69, 9.17) is 4.74 Å². The molecule has 0 saturated carbocycles. The standard InChI is InChI=1S/C12H26N2O/c1-4-7-15-8-6-14-10-12(5-2)13-9-11(14)3/h11-13H,4-10H2,1-3H3. The van der Waals surface area contributed by atoms with Crippen molar-refractivity contribution >= 4 is 0 Å². The first kappa shape index (κ1) is 12.9. The molecule has 1 aliphatic heterocycles. The van der Waals surface area contributed by atoms with Gasteiger partial charge in [0.15, 0.2) is 0 Å². The van der Waals surface area contributed by atoms with E-state index in [0.29, 0.717) is 12.1 Å². The minimum atomic E-state index is 0.651. The third-order valence-corrected chi connectivity index (χ3v) is 3.14. The Labute approximate surface area is 94.2 Å². The minimum absolute atomic E-state index is 0.651. The van der Waals surface area contributed by atoms with Gasteiger partial charge in [0.05, 0.1) is 6.61 Å². The van der Waals surface area contributed by atoms with Gasteiger partial charge in [-0.1, -0.05) is 13.8 Å². The Morgan fingerprint density at radius 1 is 1.33 bits per heavy atom. The van der Waals surface area contributed by atoms with E-state index in [1.165, 1.54) is 13.0 Å². The largest absolute Gasteiger partial charge is 0.380 e. The van der Waals surface area contributed by atoms with E-state index in [2.05, 4.69) is 31.0 Å². The van der Waals surface area contributed by atoms with Gasteiger partial charge < -0.3 is 10.1 Å². The fourth-order valence-corrected chi connectivity index (χ4v) is 2.01. The smallest absolute Gasteiger partial charge is 0.0593 e. The Morgan fingerprint density at radius 2 is 2.13 bits per heavy atom. The third kappa shape index (κ3) is 4.49. The zero-order valence-corrected chi connectivity index (χ0v) is 10.5. The Morgan fingerprint density at radius 3 is 2.80 bits per heavy atom. The second-order valence-corrected chi connectivity index (χ2v) is 4.47. The molecule has 0 radical (unpaired) electrons. The first-order chi connectivity index (χ1) is 7.27. The van der Waals surface area contributed by atoms with Crippen LogP contribution in [0.4, 0.5) is 0 Å². The number of piperazine rings is 1. The molecule has 15 heavy (non-hydrogen) atoms. The molecule has 1 rings (SSSR count). The van der Waals surface area contributed by atoms with Crippen LogP contribution in [0.2, 0.25) is 0 Å².